The molecule has 0 bridgehead atoms. The van der Waals surface area contributed by atoms with Crippen LogP contribution < -0.4 is 0 Å². The zero-order valence-electron chi connectivity index (χ0n) is 18.1. The Morgan fingerprint density at radius 2 is 1.12 bits per heavy atom. The molecule has 0 aliphatic rings. The number of aliphatic hydroxyl groups is 2. The minimum atomic E-state index is -1.59. The van der Waals surface area contributed by atoms with Crippen molar-refractivity contribution in [1.82, 2.24) is 0 Å². The summed E-state index contributed by atoms with van der Waals surface area (Å²) in [5, 5.41) is 21.7. The van der Waals surface area contributed by atoms with Crippen molar-refractivity contribution < 1.29 is 10.2 Å². The van der Waals surface area contributed by atoms with Gasteiger partial charge in [0.05, 0.1) is 0 Å². The smallest absolute Gasteiger partial charge is 0.168 e. The number of hydrogen-bond acceptors (Lipinski definition) is 2. The van der Waals surface area contributed by atoms with Crippen LogP contribution >= 0.6 is 0 Å². The first-order valence-electron chi connectivity index (χ1n) is 11.2. The summed E-state index contributed by atoms with van der Waals surface area (Å²) in [6.45, 7) is 8.56. The van der Waals surface area contributed by atoms with Gasteiger partial charge in [0.25, 0.3) is 0 Å². The van der Waals surface area contributed by atoms with E-state index in [1.54, 1.807) is 0 Å². The summed E-state index contributed by atoms with van der Waals surface area (Å²) < 4.78 is 0. The fraction of sp³-hybridized carbons (Fsp3) is 0.833. The lowest BCUT2D eigenvalue weighted by atomic mass is 9.71. The Labute approximate surface area is 163 Å². The average molecular weight is 367 g/mol. The van der Waals surface area contributed by atoms with Crippen LogP contribution in [0.2, 0.25) is 0 Å². The highest BCUT2D eigenvalue weighted by Gasteiger charge is 2.43. The molecular formula is C24H46O2. The first-order chi connectivity index (χ1) is 12.4. The topological polar surface area (TPSA) is 40.5 Å². The standard InChI is InChI=1S/C24H46O2/c1-5-8-11-14-15-16-18-21-23(4,20-17-12-9-6-2)24(25,26)22-19-13-10-7-3/h9-10,12-13,25-26H,5-8,11,14-22H2,1-4H3. The van der Waals surface area contributed by atoms with Gasteiger partial charge >= 0.3 is 0 Å². The van der Waals surface area contributed by atoms with E-state index in [-0.39, 0.29) is 0 Å². The molecule has 154 valence electrons. The molecular weight excluding hydrogens is 320 g/mol. The van der Waals surface area contributed by atoms with E-state index in [9.17, 15) is 10.2 Å². The summed E-state index contributed by atoms with van der Waals surface area (Å²) in [5.41, 5.74) is -0.436. The highest BCUT2D eigenvalue weighted by atomic mass is 16.5. The van der Waals surface area contributed by atoms with Gasteiger partial charge in [-0.1, -0.05) is 96.9 Å². The molecule has 1 unspecified atom stereocenters. The van der Waals surface area contributed by atoms with Gasteiger partial charge in [0.2, 0.25) is 0 Å². The Kier molecular flexibility index (Phi) is 15.1. The SMILES string of the molecule is CCC=CCCC(O)(O)C(C)(CCC=CCC)CCCCCCCCC. The third-order valence-corrected chi connectivity index (χ3v) is 5.63. The van der Waals surface area contributed by atoms with Gasteiger partial charge in [0, 0.05) is 11.8 Å². The predicted octanol–water partition coefficient (Wildman–Crippen LogP) is 7.31. The van der Waals surface area contributed by atoms with Crippen LogP contribution in [0.5, 0.6) is 0 Å². The number of rotatable bonds is 17. The third kappa shape index (κ3) is 11.2. The Morgan fingerprint density at radius 1 is 0.615 bits per heavy atom. The van der Waals surface area contributed by atoms with Crippen molar-refractivity contribution in [3.05, 3.63) is 24.3 Å². The van der Waals surface area contributed by atoms with E-state index in [0.29, 0.717) is 6.42 Å². The fourth-order valence-corrected chi connectivity index (χ4v) is 3.55. The normalized spacial score (nSPS) is 15.2. The highest BCUT2D eigenvalue weighted by molar-refractivity contribution is 4.93. The van der Waals surface area contributed by atoms with Crippen LogP contribution in [0.25, 0.3) is 0 Å². The van der Waals surface area contributed by atoms with Crippen molar-refractivity contribution in [2.24, 2.45) is 5.41 Å². The maximum Gasteiger partial charge on any atom is 0.168 e. The molecule has 0 aliphatic carbocycles. The number of unbranched alkanes of at least 4 members (excludes halogenated alkanes) is 6. The number of allylic oxidation sites excluding steroid dienone is 4. The molecule has 0 aromatic carbocycles. The van der Waals surface area contributed by atoms with Crippen molar-refractivity contribution in [3.63, 3.8) is 0 Å². The van der Waals surface area contributed by atoms with Crippen LogP contribution in [-0.2, 0) is 0 Å². The van der Waals surface area contributed by atoms with E-state index >= 15 is 0 Å². The second-order valence-electron chi connectivity index (χ2n) is 8.09. The van der Waals surface area contributed by atoms with Crippen LogP contribution in [-0.4, -0.2) is 16.0 Å². The highest BCUT2D eigenvalue weighted by Crippen LogP contribution is 2.42. The largest absolute Gasteiger partial charge is 0.365 e. The molecule has 0 heterocycles. The van der Waals surface area contributed by atoms with E-state index in [1.165, 1.54) is 38.5 Å². The molecule has 0 saturated heterocycles. The van der Waals surface area contributed by atoms with Crippen molar-refractivity contribution in [3.8, 4) is 0 Å². The van der Waals surface area contributed by atoms with Crippen LogP contribution in [0.3, 0.4) is 0 Å². The van der Waals surface area contributed by atoms with Crippen molar-refractivity contribution in [1.29, 1.82) is 0 Å². The van der Waals surface area contributed by atoms with E-state index in [1.807, 2.05) is 0 Å². The Morgan fingerprint density at radius 3 is 1.65 bits per heavy atom. The van der Waals surface area contributed by atoms with Gasteiger partial charge in [-0.05, 0) is 38.5 Å². The van der Waals surface area contributed by atoms with Gasteiger partial charge in [-0.3, -0.25) is 0 Å². The van der Waals surface area contributed by atoms with Crippen LogP contribution in [0.15, 0.2) is 24.3 Å². The Bertz CT molecular complexity index is 370. The molecule has 0 amide bonds. The molecule has 0 rings (SSSR count). The van der Waals surface area contributed by atoms with Crippen LogP contribution in [0.4, 0.5) is 0 Å². The Balaban J connectivity index is 4.61. The van der Waals surface area contributed by atoms with Crippen molar-refractivity contribution >= 4 is 0 Å². The lowest BCUT2D eigenvalue weighted by Crippen LogP contribution is -2.46. The summed E-state index contributed by atoms with van der Waals surface area (Å²) in [4.78, 5) is 0. The summed E-state index contributed by atoms with van der Waals surface area (Å²) in [7, 11) is 0. The van der Waals surface area contributed by atoms with Gasteiger partial charge in [-0.15, -0.1) is 0 Å². The summed E-state index contributed by atoms with van der Waals surface area (Å²) in [6.07, 6.45) is 23.2. The molecule has 0 aromatic heterocycles. The average Bonchev–Trinajstić information content (AvgIpc) is 2.61. The van der Waals surface area contributed by atoms with E-state index in [4.69, 9.17) is 0 Å². The zero-order valence-corrected chi connectivity index (χ0v) is 18.1. The van der Waals surface area contributed by atoms with Crippen molar-refractivity contribution in [2.75, 3.05) is 0 Å². The minimum absolute atomic E-state index is 0.425. The molecule has 2 heteroatoms. The maximum atomic E-state index is 10.9. The maximum absolute atomic E-state index is 10.9. The molecule has 26 heavy (non-hydrogen) atoms. The molecule has 0 fully saturated rings. The van der Waals surface area contributed by atoms with Gasteiger partial charge in [-0.2, -0.15) is 0 Å². The summed E-state index contributed by atoms with van der Waals surface area (Å²) in [5.74, 6) is -1.59. The van der Waals surface area contributed by atoms with E-state index in [0.717, 1.165) is 44.9 Å². The predicted molar refractivity (Wildman–Crippen MR) is 115 cm³/mol. The molecule has 0 aromatic rings. The molecule has 0 saturated carbocycles. The second kappa shape index (κ2) is 15.5. The van der Waals surface area contributed by atoms with Gasteiger partial charge in [0.1, 0.15) is 0 Å². The molecule has 0 radical (unpaired) electrons. The van der Waals surface area contributed by atoms with Gasteiger partial charge in [0.15, 0.2) is 5.79 Å². The van der Waals surface area contributed by atoms with Crippen LogP contribution in [0.1, 0.15) is 118 Å². The number of hydrogen-bond donors (Lipinski definition) is 2. The lowest BCUT2D eigenvalue weighted by molar-refractivity contribution is -0.246. The zero-order chi connectivity index (χ0) is 19.7. The summed E-state index contributed by atoms with van der Waals surface area (Å²) in [6, 6.07) is 0. The summed E-state index contributed by atoms with van der Waals surface area (Å²) >= 11 is 0. The first-order valence-corrected chi connectivity index (χ1v) is 11.2. The first kappa shape index (κ1) is 25.4. The van der Waals surface area contributed by atoms with Crippen molar-refractivity contribution in [2.45, 2.75) is 123 Å². The molecule has 1 atom stereocenters. The minimum Gasteiger partial charge on any atom is -0.365 e. The molecule has 2 nitrogen and oxygen atoms in total. The van der Waals surface area contributed by atoms with Crippen LogP contribution in [0, 0.1) is 5.41 Å². The van der Waals surface area contributed by atoms with Gasteiger partial charge < -0.3 is 10.2 Å². The second-order valence-corrected chi connectivity index (χ2v) is 8.09. The Hall–Kier alpha value is -0.600. The quantitative estimate of drug-likeness (QED) is 0.161. The van der Waals surface area contributed by atoms with Gasteiger partial charge in [-0.25, -0.2) is 0 Å². The molecule has 2 N–H and O–H groups in total. The fourth-order valence-electron chi connectivity index (χ4n) is 3.55. The van der Waals surface area contributed by atoms with E-state index in [2.05, 4.69) is 52.0 Å². The van der Waals surface area contributed by atoms with E-state index < -0.39 is 11.2 Å². The lowest BCUT2D eigenvalue weighted by Gasteiger charge is -2.41. The third-order valence-electron chi connectivity index (χ3n) is 5.63. The monoisotopic (exact) mass is 366 g/mol. The molecule has 0 aliphatic heterocycles. The molecule has 0 spiro atoms.